The van der Waals surface area contributed by atoms with Gasteiger partial charge >= 0.3 is 0 Å². The number of hydrogen-bond donors (Lipinski definition) is 2. The first-order chi connectivity index (χ1) is 15.0. The number of likely N-dealkylation sites (tertiary alicyclic amines) is 1. The number of carbonyl (C=O) groups excluding carboxylic acids is 2. The quantitative estimate of drug-likeness (QED) is 0.641. The number of amides is 2. The molecule has 5 heteroatoms. The summed E-state index contributed by atoms with van der Waals surface area (Å²) in [6.07, 6.45) is 2.99. The van der Waals surface area contributed by atoms with Crippen molar-refractivity contribution in [3.63, 3.8) is 0 Å². The third-order valence-electron chi connectivity index (χ3n) is 5.95. The maximum Gasteiger partial charge on any atom is 0.252 e. The van der Waals surface area contributed by atoms with Crippen molar-refractivity contribution >= 4 is 11.8 Å². The molecule has 31 heavy (non-hydrogen) atoms. The molecule has 0 bridgehead atoms. The molecule has 1 saturated heterocycles. The van der Waals surface area contributed by atoms with Gasteiger partial charge < -0.3 is 10.6 Å². The van der Waals surface area contributed by atoms with Crippen LogP contribution in [0.15, 0.2) is 54.6 Å². The summed E-state index contributed by atoms with van der Waals surface area (Å²) >= 11 is 0. The van der Waals surface area contributed by atoms with Crippen molar-refractivity contribution < 1.29 is 9.59 Å². The molecule has 2 aromatic carbocycles. The van der Waals surface area contributed by atoms with E-state index in [4.69, 9.17) is 0 Å². The van der Waals surface area contributed by atoms with Crippen LogP contribution in [0.25, 0.3) is 0 Å². The first-order valence-corrected chi connectivity index (χ1v) is 11.4. The van der Waals surface area contributed by atoms with E-state index in [1.807, 2.05) is 43.3 Å². The highest BCUT2D eigenvalue weighted by atomic mass is 16.2. The molecule has 0 spiro atoms. The number of carbonyl (C=O) groups is 2. The Morgan fingerprint density at radius 1 is 0.968 bits per heavy atom. The van der Waals surface area contributed by atoms with Crippen molar-refractivity contribution in [2.24, 2.45) is 5.92 Å². The number of rotatable bonds is 9. The van der Waals surface area contributed by atoms with Crippen molar-refractivity contribution in [3.05, 3.63) is 71.3 Å². The molecule has 0 saturated carbocycles. The molecule has 2 unspecified atom stereocenters. The van der Waals surface area contributed by atoms with Crippen LogP contribution in [0.4, 0.5) is 0 Å². The predicted octanol–water partition coefficient (Wildman–Crippen LogP) is 4.09. The zero-order valence-corrected chi connectivity index (χ0v) is 18.9. The standard InChI is InChI=1S/C26H35N3O2/c1-19(2)17-23(28-25(30)22-14-8-7-11-20(22)3)26(31)27-18-24(29-15-9-10-16-29)21-12-5-4-6-13-21/h4-8,11-14,19,23-24H,9-10,15-18H2,1-3H3,(H,27,31)(H,28,30). The molecule has 0 radical (unpaired) electrons. The van der Waals surface area contributed by atoms with Gasteiger partial charge in [-0.3, -0.25) is 14.5 Å². The Bertz CT molecular complexity index is 860. The fourth-order valence-corrected chi connectivity index (χ4v) is 4.27. The van der Waals surface area contributed by atoms with Gasteiger partial charge in [-0.15, -0.1) is 0 Å². The Kier molecular flexibility index (Phi) is 8.24. The third kappa shape index (κ3) is 6.41. The summed E-state index contributed by atoms with van der Waals surface area (Å²) in [5, 5.41) is 6.11. The maximum atomic E-state index is 13.1. The number of nitrogens with zero attached hydrogens (tertiary/aromatic N) is 1. The number of hydrogen-bond acceptors (Lipinski definition) is 3. The highest BCUT2D eigenvalue weighted by Gasteiger charge is 2.27. The van der Waals surface area contributed by atoms with Gasteiger partial charge in [0.25, 0.3) is 5.91 Å². The molecule has 2 aromatic rings. The molecule has 3 rings (SSSR count). The predicted molar refractivity (Wildman–Crippen MR) is 125 cm³/mol. The van der Waals surface area contributed by atoms with Gasteiger partial charge in [-0.1, -0.05) is 62.4 Å². The zero-order valence-electron chi connectivity index (χ0n) is 18.9. The zero-order chi connectivity index (χ0) is 22.2. The van der Waals surface area contributed by atoms with Gasteiger partial charge in [-0.05, 0) is 62.4 Å². The van der Waals surface area contributed by atoms with E-state index in [0.29, 0.717) is 18.5 Å². The summed E-state index contributed by atoms with van der Waals surface area (Å²) in [7, 11) is 0. The van der Waals surface area contributed by atoms with E-state index in [1.54, 1.807) is 6.07 Å². The second-order valence-corrected chi connectivity index (χ2v) is 8.89. The first-order valence-electron chi connectivity index (χ1n) is 11.4. The second kappa shape index (κ2) is 11.1. The van der Waals surface area contributed by atoms with Crippen molar-refractivity contribution in [2.45, 2.75) is 52.1 Å². The van der Waals surface area contributed by atoms with E-state index in [1.165, 1.54) is 18.4 Å². The maximum absolute atomic E-state index is 13.1. The average Bonchev–Trinajstić information content (AvgIpc) is 3.28. The lowest BCUT2D eigenvalue weighted by molar-refractivity contribution is -0.123. The van der Waals surface area contributed by atoms with E-state index in [-0.39, 0.29) is 23.8 Å². The Labute approximate surface area is 186 Å². The Hall–Kier alpha value is -2.66. The summed E-state index contributed by atoms with van der Waals surface area (Å²) in [6, 6.07) is 17.4. The molecule has 0 aliphatic carbocycles. The number of benzene rings is 2. The van der Waals surface area contributed by atoms with Crippen molar-refractivity contribution in [1.29, 1.82) is 0 Å². The Morgan fingerprint density at radius 2 is 1.61 bits per heavy atom. The molecule has 1 heterocycles. The monoisotopic (exact) mass is 421 g/mol. The fourth-order valence-electron chi connectivity index (χ4n) is 4.27. The van der Waals surface area contributed by atoms with Crippen LogP contribution in [0.1, 0.15) is 60.6 Å². The molecular formula is C26H35N3O2. The molecule has 2 N–H and O–H groups in total. The lowest BCUT2D eigenvalue weighted by Gasteiger charge is -2.29. The summed E-state index contributed by atoms with van der Waals surface area (Å²) in [5.74, 6) is -0.0229. The van der Waals surface area contributed by atoms with Gasteiger partial charge in [-0.25, -0.2) is 0 Å². The summed E-state index contributed by atoms with van der Waals surface area (Å²) in [5.41, 5.74) is 2.74. The molecule has 5 nitrogen and oxygen atoms in total. The van der Waals surface area contributed by atoms with Crippen LogP contribution in [-0.4, -0.2) is 42.4 Å². The van der Waals surface area contributed by atoms with Gasteiger partial charge in [0, 0.05) is 12.1 Å². The smallest absolute Gasteiger partial charge is 0.252 e. The summed E-state index contributed by atoms with van der Waals surface area (Å²) in [6.45, 7) is 8.68. The first kappa shape index (κ1) is 23.0. The minimum atomic E-state index is -0.554. The molecule has 1 fully saturated rings. The molecular weight excluding hydrogens is 386 g/mol. The van der Waals surface area contributed by atoms with Crippen LogP contribution in [-0.2, 0) is 4.79 Å². The highest BCUT2D eigenvalue weighted by Crippen LogP contribution is 2.24. The van der Waals surface area contributed by atoms with Crippen LogP contribution < -0.4 is 10.6 Å². The molecule has 1 aliphatic heterocycles. The van der Waals surface area contributed by atoms with Crippen molar-refractivity contribution in [3.8, 4) is 0 Å². The molecule has 0 aromatic heterocycles. The molecule has 2 atom stereocenters. The van der Waals surface area contributed by atoms with Crippen LogP contribution >= 0.6 is 0 Å². The Balaban J connectivity index is 1.69. The minimum absolute atomic E-state index is 0.115. The van der Waals surface area contributed by atoms with Crippen molar-refractivity contribution in [1.82, 2.24) is 15.5 Å². The van der Waals surface area contributed by atoms with Gasteiger partial charge in [0.2, 0.25) is 5.91 Å². The lowest BCUT2D eigenvalue weighted by Crippen LogP contribution is -2.49. The van der Waals surface area contributed by atoms with Gasteiger partial charge in [0.15, 0.2) is 0 Å². The molecule has 2 amide bonds. The van der Waals surface area contributed by atoms with Gasteiger partial charge in [0.05, 0.1) is 6.04 Å². The van der Waals surface area contributed by atoms with E-state index in [2.05, 4.69) is 41.5 Å². The SMILES string of the molecule is Cc1ccccc1C(=O)NC(CC(C)C)C(=O)NCC(c1ccccc1)N1CCCC1. The average molecular weight is 422 g/mol. The van der Waals surface area contributed by atoms with Gasteiger partial charge in [0.1, 0.15) is 6.04 Å². The Morgan fingerprint density at radius 3 is 2.26 bits per heavy atom. The second-order valence-electron chi connectivity index (χ2n) is 8.89. The van der Waals surface area contributed by atoms with Crippen LogP contribution in [0, 0.1) is 12.8 Å². The largest absolute Gasteiger partial charge is 0.352 e. The summed E-state index contributed by atoms with van der Waals surface area (Å²) in [4.78, 5) is 28.4. The van der Waals surface area contributed by atoms with Crippen LogP contribution in [0.2, 0.25) is 0 Å². The minimum Gasteiger partial charge on any atom is -0.352 e. The number of nitrogens with one attached hydrogen (secondary N) is 2. The van der Waals surface area contributed by atoms with Crippen LogP contribution in [0.3, 0.4) is 0 Å². The normalized spacial score (nSPS) is 16.1. The number of aryl methyl sites for hydroxylation is 1. The van der Waals surface area contributed by atoms with E-state index in [0.717, 1.165) is 18.7 Å². The van der Waals surface area contributed by atoms with E-state index < -0.39 is 6.04 Å². The summed E-state index contributed by atoms with van der Waals surface area (Å²) < 4.78 is 0. The van der Waals surface area contributed by atoms with Gasteiger partial charge in [-0.2, -0.15) is 0 Å². The fraction of sp³-hybridized carbons (Fsp3) is 0.462. The molecule has 166 valence electrons. The topological polar surface area (TPSA) is 61.4 Å². The van der Waals surface area contributed by atoms with Crippen LogP contribution in [0.5, 0.6) is 0 Å². The van der Waals surface area contributed by atoms with E-state index in [9.17, 15) is 9.59 Å². The third-order valence-corrected chi connectivity index (χ3v) is 5.95. The van der Waals surface area contributed by atoms with Crippen molar-refractivity contribution in [2.75, 3.05) is 19.6 Å². The highest BCUT2D eigenvalue weighted by molar-refractivity contribution is 5.98. The van der Waals surface area contributed by atoms with E-state index >= 15 is 0 Å². The lowest BCUT2D eigenvalue weighted by atomic mass is 10.0. The molecule has 1 aliphatic rings.